The monoisotopic (exact) mass is 405 g/mol. The van der Waals surface area contributed by atoms with Crippen molar-refractivity contribution in [2.45, 2.75) is 19.6 Å². The molecule has 3 N–H and O–H groups in total. The first kappa shape index (κ1) is 19.4. The van der Waals surface area contributed by atoms with Crippen molar-refractivity contribution >= 4 is 17.7 Å². The van der Waals surface area contributed by atoms with Crippen LogP contribution in [0, 0.1) is 0 Å². The van der Waals surface area contributed by atoms with Gasteiger partial charge in [-0.05, 0) is 22.8 Å². The molecule has 0 unspecified atom stereocenters. The largest absolute Gasteiger partial charge is 0.336 e. The maximum Gasteiger partial charge on any atom is 0.319 e. The van der Waals surface area contributed by atoms with Crippen molar-refractivity contribution in [2.75, 3.05) is 18.4 Å². The number of rotatable bonds is 7. The van der Waals surface area contributed by atoms with Crippen LogP contribution in [0.4, 0.5) is 15.3 Å². The quantitative estimate of drug-likeness (QED) is 0.560. The molecule has 9 nitrogen and oxygen atoms in total. The van der Waals surface area contributed by atoms with Crippen molar-refractivity contribution < 1.29 is 9.59 Å². The van der Waals surface area contributed by atoms with Crippen LogP contribution in [0.1, 0.15) is 16.7 Å². The maximum absolute atomic E-state index is 12.5. The fraction of sp³-hybridized carbons (Fsp3) is 0.238. The van der Waals surface area contributed by atoms with Gasteiger partial charge in [-0.3, -0.25) is 0 Å². The van der Waals surface area contributed by atoms with Crippen LogP contribution in [0.15, 0.2) is 61.2 Å². The number of benzene rings is 2. The molecule has 0 radical (unpaired) electrons. The van der Waals surface area contributed by atoms with Crippen molar-refractivity contribution in [1.82, 2.24) is 30.3 Å². The number of nitrogens with zero attached hydrogens (tertiary/aromatic N) is 4. The molecule has 1 aromatic heterocycles. The lowest BCUT2D eigenvalue weighted by Gasteiger charge is -2.18. The fourth-order valence-electron chi connectivity index (χ4n) is 3.36. The van der Waals surface area contributed by atoms with Crippen molar-refractivity contribution in [1.29, 1.82) is 0 Å². The number of hydrogen-bond acceptors (Lipinski definition) is 4. The number of carbonyl (C=O) groups excluding carboxylic acids is 2. The van der Waals surface area contributed by atoms with Gasteiger partial charge < -0.3 is 20.9 Å². The van der Waals surface area contributed by atoms with E-state index in [1.165, 1.54) is 6.33 Å². The van der Waals surface area contributed by atoms with Crippen molar-refractivity contribution in [3.8, 4) is 0 Å². The Labute approximate surface area is 174 Å². The van der Waals surface area contributed by atoms with E-state index >= 15 is 0 Å². The van der Waals surface area contributed by atoms with E-state index in [0.717, 1.165) is 16.7 Å². The summed E-state index contributed by atoms with van der Waals surface area (Å²) in [6.07, 6.45) is 3.16. The smallest absolute Gasteiger partial charge is 0.319 e. The van der Waals surface area contributed by atoms with Gasteiger partial charge in [0.25, 0.3) is 0 Å². The van der Waals surface area contributed by atoms with Crippen LogP contribution in [0.25, 0.3) is 0 Å². The van der Waals surface area contributed by atoms with Crippen LogP contribution in [-0.4, -0.2) is 44.8 Å². The molecule has 1 saturated heterocycles. The normalized spacial score (nSPS) is 13.2. The third-order valence-corrected chi connectivity index (χ3v) is 4.93. The Kier molecular flexibility index (Phi) is 5.88. The summed E-state index contributed by atoms with van der Waals surface area (Å²) in [5.74, 6) is 0. The standard InChI is InChI=1S/C21H23N7O2/c29-20(24-11-16-5-1-2-6-17(16)13-28-15-22-14-25-28)26-19-8-4-3-7-18(19)12-27-10-9-23-21(27)30/h1-8,14-15H,9-13H2,(H,23,30)(H2,24,26,29). The molecule has 4 amide bonds. The molecule has 9 heteroatoms. The zero-order valence-corrected chi connectivity index (χ0v) is 16.4. The lowest BCUT2D eigenvalue weighted by molar-refractivity contribution is 0.215. The summed E-state index contributed by atoms with van der Waals surface area (Å²) in [5.41, 5.74) is 3.64. The molecule has 4 rings (SSSR count). The Bertz CT molecular complexity index is 1020. The van der Waals surface area contributed by atoms with E-state index in [4.69, 9.17) is 0 Å². The molecule has 3 aromatic rings. The van der Waals surface area contributed by atoms with E-state index in [0.29, 0.717) is 38.4 Å². The van der Waals surface area contributed by atoms with E-state index in [1.54, 1.807) is 15.9 Å². The highest BCUT2D eigenvalue weighted by atomic mass is 16.2. The number of aromatic nitrogens is 3. The molecule has 1 aliphatic heterocycles. The van der Waals surface area contributed by atoms with E-state index in [2.05, 4.69) is 26.0 Å². The van der Waals surface area contributed by atoms with Gasteiger partial charge in [-0.1, -0.05) is 42.5 Å². The van der Waals surface area contributed by atoms with Crippen molar-refractivity contribution in [2.24, 2.45) is 0 Å². The second-order valence-corrected chi connectivity index (χ2v) is 6.98. The second kappa shape index (κ2) is 9.08. The third kappa shape index (κ3) is 4.75. The first-order valence-corrected chi connectivity index (χ1v) is 9.74. The topological polar surface area (TPSA) is 104 Å². The van der Waals surface area contributed by atoms with Gasteiger partial charge in [0.2, 0.25) is 0 Å². The van der Waals surface area contributed by atoms with Gasteiger partial charge in [0.05, 0.1) is 6.54 Å². The van der Waals surface area contributed by atoms with Crippen LogP contribution in [-0.2, 0) is 19.6 Å². The van der Waals surface area contributed by atoms with E-state index in [1.807, 2.05) is 48.5 Å². The SMILES string of the molecule is O=C(NCc1ccccc1Cn1cncn1)Nc1ccccc1CN1CCNC1=O. The first-order chi connectivity index (χ1) is 14.7. The number of hydrogen-bond donors (Lipinski definition) is 3. The molecular formula is C21H23N7O2. The summed E-state index contributed by atoms with van der Waals surface area (Å²) >= 11 is 0. The average Bonchev–Trinajstić information content (AvgIpc) is 3.41. The molecule has 2 heterocycles. The molecule has 2 aromatic carbocycles. The highest BCUT2D eigenvalue weighted by Crippen LogP contribution is 2.18. The highest BCUT2D eigenvalue weighted by Gasteiger charge is 2.20. The number of nitrogens with one attached hydrogen (secondary N) is 3. The van der Waals surface area contributed by atoms with E-state index in [-0.39, 0.29) is 12.1 Å². The van der Waals surface area contributed by atoms with Crippen LogP contribution < -0.4 is 16.0 Å². The number of para-hydroxylation sites is 1. The number of amides is 4. The Hall–Kier alpha value is -3.88. The molecule has 0 atom stereocenters. The van der Waals surface area contributed by atoms with E-state index < -0.39 is 0 Å². The lowest BCUT2D eigenvalue weighted by atomic mass is 10.1. The summed E-state index contributed by atoms with van der Waals surface area (Å²) in [6, 6.07) is 15.0. The van der Waals surface area contributed by atoms with Crippen molar-refractivity contribution in [3.63, 3.8) is 0 Å². The molecule has 0 spiro atoms. The zero-order valence-electron chi connectivity index (χ0n) is 16.4. The molecule has 1 fully saturated rings. The van der Waals surface area contributed by atoms with Gasteiger partial charge in [0.15, 0.2) is 0 Å². The van der Waals surface area contributed by atoms with Gasteiger partial charge >= 0.3 is 12.1 Å². The molecule has 0 bridgehead atoms. The third-order valence-electron chi connectivity index (χ3n) is 4.93. The summed E-state index contributed by atoms with van der Waals surface area (Å²) in [6.45, 7) is 2.71. The average molecular weight is 405 g/mol. The van der Waals surface area contributed by atoms with Crippen molar-refractivity contribution in [3.05, 3.63) is 77.9 Å². The molecule has 154 valence electrons. The van der Waals surface area contributed by atoms with Crippen LogP contribution >= 0.6 is 0 Å². The predicted molar refractivity (Wildman–Crippen MR) is 112 cm³/mol. The van der Waals surface area contributed by atoms with Gasteiger partial charge in [0, 0.05) is 31.9 Å². The minimum Gasteiger partial charge on any atom is -0.336 e. The Morgan fingerprint density at radius 1 is 1.03 bits per heavy atom. The van der Waals surface area contributed by atoms with Crippen LogP contribution in [0.5, 0.6) is 0 Å². The Morgan fingerprint density at radius 3 is 2.53 bits per heavy atom. The second-order valence-electron chi connectivity index (χ2n) is 6.98. The van der Waals surface area contributed by atoms with Gasteiger partial charge in [-0.25, -0.2) is 19.3 Å². The number of anilines is 1. The van der Waals surface area contributed by atoms with E-state index in [9.17, 15) is 9.59 Å². The molecule has 1 aliphatic rings. The van der Waals surface area contributed by atoms with Crippen LogP contribution in [0.2, 0.25) is 0 Å². The molecule has 0 saturated carbocycles. The van der Waals surface area contributed by atoms with Crippen LogP contribution in [0.3, 0.4) is 0 Å². The summed E-state index contributed by atoms with van der Waals surface area (Å²) in [7, 11) is 0. The minimum absolute atomic E-state index is 0.0850. The molecule has 30 heavy (non-hydrogen) atoms. The lowest BCUT2D eigenvalue weighted by Crippen LogP contribution is -2.30. The summed E-state index contributed by atoms with van der Waals surface area (Å²) in [4.78, 5) is 30.0. The Morgan fingerprint density at radius 2 is 1.80 bits per heavy atom. The minimum atomic E-state index is -0.302. The summed E-state index contributed by atoms with van der Waals surface area (Å²) < 4.78 is 1.74. The molecular weight excluding hydrogens is 382 g/mol. The number of carbonyl (C=O) groups is 2. The van der Waals surface area contributed by atoms with Gasteiger partial charge in [-0.2, -0.15) is 5.10 Å². The number of urea groups is 2. The maximum atomic E-state index is 12.5. The summed E-state index contributed by atoms with van der Waals surface area (Å²) in [5, 5.41) is 12.7. The Balaban J connectivity index is 1.37. The predicted octanol–water partition coefficient (Wildman–Crippen LogP) is 2.17. The fourth-order valence-corrected chi connectivity index (χ4v) is 3.36. The molecule has 0 aliphatic carbocycles. The zero-order chi connectivity index (χ0) is 20.8. The van der Waals surface area contributed by atoms with Gasteiger partial charge in [-0.15, -0.1) is 0 Å². The van der Waals surface area contributed by atoms with Gasteiger partial charge in [0.1, 0.15) is 12.7 Å². The first-order valence-electron chi connectivity index (χ1n) is 9.74. The highest BCUT2D eigenvalue weighted by molar-refractivity contribution is 5.90.